The first kappa shape index (κ1) is 19.7. The summed E-state index contributed by atoms with van der Waals surface area (Å²) in [6.07, 6.45) is 0. The summed E-state index contributed by atoms with van der Waals surface area (Å²) in [5.74, 6) is 0. The number of hydrogen-bond acceptors (Lipinski definition) is 8. The van der Waals surface area contributed by atoms with Gasteiger partial charge in [0.1, 0.15) is 13.2 Å². The number of rotatable bonds is 6. The maximum atomic E-state index is 9.40. The Morgan fingerprint density at radius 2 is 1.20 bits per heavy atom. The first-order valence-electron chi connectivity index (χ1n) is 3.31. The van der Waals surface area contributed by atoms with E-state index in [9.17, 15) is 20.2 Å². The van der Waals surface area contributed by atoms with Gasteiger partial charge in [0.2, 0.25) is 0 Å². The van der Waals surface area contributed by atoms with E-state index in [-0.39, 0.29) is 39.1 Å². The summed E-state index contributed by atoms with van der Waals surface area (Å²) in [4.78, 5) is 26.2. The third-order valence-electron chi connectivity index (χ3n) is 0.577. The smallest absolute Gasteiger partial charge is 0.394 e. The molecule has 0 heterocycles. The van der Waals surface area contributed by atoms with Crippen LogP contribution >= 0.6 is 0 Å². The Kier molecular flexibility index (Phi) is 20.6. The first-order chi connectivity index (χ1) is 6.54. The Morgan fingerprint density at radius 3 is 1.33 bits per heavy atom. The Morgan fingerprint density at radius 1 is 0.933 bits per heavy atom. The molecule has 0 aliphatic carbocycles. The predicted octanol–water partition coefficient (Wildman–Crippen LogP) is -2.01. The Labute approximate surface area is 103 Å². The molecule has 0 saturated carbocycles. The van der Waals surface area contributed by atoms with Crippen molar-refractivity contribution in [2.24, 2.45) is 0 Å². The van der Waals surface area contributed by atoms with Crippen LogP contribution < -0.4 is 0 Å². The van der Waals surface area contributed by atoms with Gasteiger partial charge >= 0.3 is 25.8 Å². The van der Waals surface area contributed by atoms with Crippen molar-refractivity contribution in [2.75, 3.05) is 26.4 Å². The Balaban J connectivity index is -0.000000249. The van der Waals surface area contributed by atoms with E-state index in [1.165, 1.54) is 0 Å². The fourth-order valence-corrected chi connectivity index (χ4v) is 0.224. The van der Waals surface area contributed by atoms with Gasteiger partial charge in [-0.05, 0) is 0 Å². The molecular formula is C4H10InN2O8+3. The van der Waals surface area contributed by atoms with Gasteiger partial charge in [-0.15, -0.1) is 20.2 Å². The van der Waals surface area contributed by atoms with Crippen LogP contribution in [0.4, 0.5) is 0 Å². The SMILES string of the molecule is O=[N+]([O-])OCCO[N+](=O)[O-].OCCO.[In+3]. The molecule has 0 fully saturated rings. The van der Waals surface area contributed by atoms with Crippen LogP contribution in [0.5, 0.6) is 0 Å². The normalized spacial score (nSPS) is 7.60. The van der Waals surface area contributed by atoms with E-state index in [4.69, 9.17) is 10.2 Å². The van der Waals surface area contributed by atoms with Gasteiger partial charge in [0.25, 0.3) is 10.2 Å². The molecule has 0 aromatic heterocycles. The third kappa shape index (κ3) is 31.9. The van der Waals surface area contributed by atoms with Crippen molar-refractivity contribution in [1.82, 2.24) is 0 Å². The molecule has 11 heteroatoms. The van der Waals surface area contributed by atoms with Gasteiger partial charge < -0.3 is 19.9 Å². The molecule has 15 heavy (non-hydrogen) atoms. The zero-order valence-electron chi connectivity index (χ0n) is 7.64. The van der Waals surface area contributed by atoms with Crippen molar-refractivity contribution in [3.63, 3.8) is 0 Å². The zero-order valence-corrected chi connectivity index (χ0v) is 10.9. The Hall–Kier alpha value is -0.810. The van der Waals surface area contributed by atoms with Crippen molar-refractivity contribution in [3.05, 3.63) is 20.2 Å². The molecule has 0 saturated heterocycles. The summed E-state index contributed by atoms with van der Waals surface area (Å²) >= 11 is 0. The van der Waals surface area contributed by atoms with Crippen LogP contribution in [0.3, 0.4) is 0 Å². The summed E-state index contributed by atoms with van der Waals surface area (Å²) in [5.41, 5.74) is 0. The monoisotopic (exact) mass is 329 g/mol. The molecule has 0 aromatic carbocycles. The molecule has 0 bridgehead atoms. The van der Waals surface area contributed by atoms with E-state index in [1.54, 1.807) is 0 Å². The fraction of sp³-hybridized carbons (Fsp3) is 1.00. The second-order valence-corrected chi connectivity index (χ2v) is 1.56. The number of hydrogen-bond donors (Lipinski definition) is 2. The van der Waals surface area contributed by atoms with Gasteiger partial charge in [0.15, 0.2) is 0 Å². The van der Waals surface area contributed by atoms with Gasteiger partial charge in [0.05, 0.1) is 13.2 Å². The summed E-state index contributed by atoms with van der Waals surface area (Å²) in [5, 5.41) is 31.9. The van der Waals surface area contributed by atoms with E-state index in [2.05, 4.69) is 9.68 Å². The van der Waals surface area contributed by atoms with Crippen molar-refractivity contribution < 1.29 is 30.1 Å². The van der Waals surface area contributed by atoms with Crippen LogP contribution in [-0.4, -0.2) is 72.7 Å². The average molecular weight is 329 g/mol. The van der Waals surface area contributed by atoms with Gasteiger partial charge in [-0.3, -0.25) is 0 Å². The van der Waals surface area contributed by atoms with Crippen molar-refractivity contribution in [3.8, 4) is 0 Å². The van der Waals surface area contributed by atoms with Gasteiger partial charge in [-0.25, -0.2) is 0 Å². The third-order valence-corrected chi connectivity index (χ3v) is 0.577. The molecule has 10 nitrogen and oxygen atoms in total. The number of aliphatic hydroxyl groups excluding tert-OH is 2. The minimum Gasteiger partial charge on any atom is -0.394 e. The fourth-order valence-electron chi connectivity index (χ4n) is 0.224. The van der Waals surface area contributed by atoms with E-state index in [1.807, 2.05) is 0 Å². The summed E-state index contributed by atoms with van der Waals surface area (Å²) in [6.45, 7) is -1.12. The number of aliphatic hydroxyl groups is 2. The second kappa shape index (κ2) is 15.7. The van der Waals surface area contributed by atoms with Crippen molar-refractivity contribution in [2.45, 2.75) is 0 Å². The quantitative estimate of drug-likeness (QED) is 0.323. The molecule has 2 N–H and O–H groups in total. The summed E-state index contributed by atoms with van der Waals surface area (Å²) in [6, 6.07) is 0. The molecular weight excluding hydrogens is 319 g/mol. The van der Waals surface area contributed by atoms with Gasteiger partial charge in [0, 0.05) is 0 Å². The van der Waals surface area contributed by atoms with E-state index in [0.29, 0.717) is 0 Å². The molecule has 0 aliphatic heterocycles. The molecule has 0 unspecified atom stereocenters. The maximum absolute atomic E-state index is 9.40. The molecule has 0 rings (SSSR count). The molecule has 84 valence electrons. The summed E-state index contributed by atoms with van der Waals surface area (Å²) < 4.78 is 0. The molecule has 0 amide bonds. The zero-order chi connectivity index (χ0) is 11.4. The topological polar surface area (TPSA) is 145 Å². The van der Waals surface area contributed by atoms with Crippen LogP contribution in [0.25, 0.3) is 0 Å². The van der Waals surface area contributed by atoms with Crippen molar-refractivity contribution >= 4 is 25.8 Å². The predicted molar refractivity (Wildman–Crippen MR) is 45.8 cm³/mol. The van der Waals surface area contributed by atoms with E-state index in [0.717, 1.165) is 0 Å². The van der Waals surface area contributed by atoms with Crippen LogP contribution in [0.2, 0.25) is 0 Å². The maximum Gasteiger partial charge on any atom is 3.00 e. The Bertz CT molecular complexity index is 149. The standard InChI is InChI=1S/C2H4N2O6.C2H6O2.In/c5-3(6)9-1-2-10-4(7)8;3-1-2-4;/h1-2H2;3-4H,1-2H2;/q;;+3. The molecule has 0 atom stereocenters. The van der Waals surface area contributed by atoms with Gasteiger partial charge in [-0.1, -0.05) is 0 Å². The molecule has 0 aromatic rings. The van der Waals surface area contributed by atoms with Crippen LogP contribution in [-0.2, 0) is 9.68 Å². The largest absolute Gasteiger partial charge is 3.00 e. The second-order valence-electron chi connectivity index (χ2n) is 1.56. The van der Waals surface area contributed by atoms with Gasteiger partial charge in [-0.2, -0.15) is 0 Å². The van der Waals surface area contributed by atoms with Crippen LogP contribution in [0.15, 0.2) is 0 Å². The summed E-state index contributed by atoms with van der Waals surface area (Å²) in [7, 11) is 0. The van der Waals surface area contributed by atoms with Crippen LogP contribution in [0, 0.1) is 20.2 Å². The molecule has 0 radical (unpaired) electrons. The van der Waals surface area contributed by atoms with Crippen LogP contribution in [0.1, 0.15) is 0 Å². The van der Waals surface area contributed by atoms with E-state index < -0.39 is 23.4 Å². The minimum absolute atomic E-state index is 0. The molecule has 0 spiro atoms. The minimum atomic E-state index is -1.05. The van der Waals surface area contributed by atoms with E-state index >= 15 is 0 Å². The molecule has 0 aliphatic rings. The van der Waals surface area contributed by atoms with Crippen molar-refractivity contribution in [1.29, 1.82) is 0 Å². The first-order valence-corrected chi connectivity index (χ1v) is 3.31. The number of nitrogens with zero attached hydrogens (tertiary/aromatic N) is 2. The average Bonchev–Trinajstić information content (AvgIpc) is 2.12.